The molecule has 55 heavy (non-hydrogen) atoms. The van der Waals surface area contributed by atoms with Crippen molar-refractivity contribution in [3.63, 3.8) is 0 Å². The van der Waals surface area contributed by atoms with Gasteiger partial charge in [0, 0.05) is 19.4 Å². The van der Waals surface area contributed by atoms with E-state index in [4.69, 9.17) is 18.5 Å². The predicted octanol–water partition coefficient (Wildman–Crippen LogP) is 13.2. The van der Waals surface area contributed by atoms with Crippen molar-refractivity contribution < 1.29 is 37.6 Å². The first-order chi connectivity index (χ1) is 26.7. The quantitative estimate of drug-likeness (QED) is 0.0279. The number of allylic oxidation sites excluding steroid dienone is 2. The van der Waals surface area contributed by atoms with Crippen molar-refractivity contribution in [2.45, 2.75) is 225 Å². The molecular weight excluding hydrogens is 713 g/mol. The van der Waals surface area contributed by atoms with Crippen LogP contribution in [-0.2, 0) is 32.7 Å². The number of carbonyl (C=O) groups excluding carboxylic acids is 2. The Balaban J connectivity index is 4.23. The number of phosphoric acid groups is 1. The fraction of sp³-hybridized carbons (Fsp3) is 0.911. The Kier molecular flexibility index (Phi) is 40.0. The summed E-state index contributed by atoms with van der Waals surface area (Å²) in [6.07, 6.45) is 41.1. The number of rotatable bonds is 43. The van der Waals surface area contributed by atoms with E-state index in [1.165, 1.54) is 154 Å². The molecule has 1 N–H and O–H groups in total. The van der Waals surface area contributed by atoms with Gasteiger partial charge >= 0.3 is 19.8 Å². The molecule has 0 saturated carbocycles. The van der Waals surface area contributed by atoms with Crippen molar-refractivity contribution in [2.75, 3.05) is 40.5 Å². The molecule has 10 heteroatoms. The molecule has 326 valence electrons. The van der Waals surface area contributed by atoms with Gasteiger partial charge in [-0.2, -0.15) is 0 Å². The minimum Gasteiger partial charge on any atom is -0.462 e. The van der Waals surface area contributed by atoms with Crippen LogP contribution in [0.1, 0.15) is 219 Å². The summed E-state index contributed by atoms with van der Waals surface area (Å²) in [5, 5.41) is 0. The molecular formula is C45H88NO8P. The van der Waals surface area contributed by atoms with E-state index in [1.54, 1.807) is 0 Å². The maximum atomic E-state index is 12.7. The Hall–Kier alpha value is -1.25. The summed E-state index contributed by atoms with van der Waals surface area (Å²) in [6, 6.07) is 0. The van der Waals surface area contributed by atoms with Crippen molar-refractivity contribution in [1.82, 2.24) is 4.90 Å². The minimum absolute atomic E-state index is 0.0100. The third-order valence-corrected chi connectivity index (χ3v) is 11.1. The molecule has 0 aromatic heterocycles. The van der Waals surface area contributed by atoms with E-state index in [-0.39, 0.29) is 32.0 Å². The molecule has 0 spiro atoms. The van der Waals surface area contributed by atoms with Gasteiger partial charge in [0.2, 0.25) is 0 Å². The highest BCUT2D eigenvalue weighted by atomic mass is 31.2. The van der Waals surface area contributed by atoms with Crippen LogP contribution in [0.5, 0.6) is 0 Å². The zero-order valence-corrected chi connectivity index (χ0v) is 37.3. The average molecular weight is 802 g/mol. The Morgan fingerprint density at radius 1 is 0.545 bits per heavy atom. The molecule has 0 radical (unpaired) electrons. The number of likely N-dealkylation sites (N-methyl/N-ethyl adjacent to an activating group) is 1. The molecule has 0 aliphatic carbocycles. The second-order valence-corrected chi connectivity index (χ2v) is 17.4. The first-order valence-corrected chi connectivity index (χ1v) is 24.5. The third kappa shape index (κ3) is 42.2. The monoisotopic (exact) mass is 802 g/mol. The number of unbranched alkanes of at least 4 members (excludes halogenated alkanes) is 27. The van der Waals surface area contributed by atoms with Crippen LogP contribution in [0.25, 0.3) is 0 Å². The number of carbonyl (C=O) groups is 2. The minimum atomic E-state index is -4.36. The molecule has 0 aliphatic heterocycles. The van der Waals surface area contributed by atoms with Gasteiger partial charge in [-0.25, -0.2) is 4.57 Å². The molecule has 0 amide bonds. The summed E-state index contributed by atoms with van der Waals surface area (Å²) in [4.78, 5) is 37.1. The lowest BCUT2D eigenvalue weighted by atomic mass is 10.0. The molecule has 0 bridgehead atoms. The number of ether oxygens (including phenoxy) is 2. The molecule has 2 unspecified atom stereocenters. The Morgan fingerprint density at radius 2 is 0.927 bits per heavy atom. The van der Waals surface area contributed by atoms with E-state index in [1.807, 2.05) is 19.0 Å². The van der Waals surface area contributed by atoms with Crippen LogP contribution in [0, 0.1) is 0 Å². The molecule has 9 nitrogen and oxygen atoms in total. The number of hydrogen-bond acceptors (Lipinski definition) is 8. The van der Waals surface area contributed by atoms with Gasteiger partial charge in [-0.3, -0.25) is 18.6 Å². The maximum Gasteiger partial charge on any atom is 0.472 e. The summed E-state index contributed by atoms with van der Waals surface area (Å²) in [5.41, 5.74) is 0. The van der Waals surface area contributed by atoms with Crippen molar-refractivity contribution in [3.8, 4) is 0 Å². The fourth-order valence-electron chi connectivity index (χ4n) is 6.51. The lowest BCUT2D eigenvalue weighted by Gasteiger charge is -2.20. The highest BCUT2D eigenvalue weighted by Crippen LogP contribution is 2.43. The summed E-state index contributed by atoms with van der Waals surface area (Å²) < 4.78 is 33.5. The maximum absolute atomic E-state index is 12.7. The van der Waals surface area contributed by atoms with Gasteiger partial charge in [0.15, 0.2) is 6.10 Å². The summed E-state index contributed by atoms with van der Waals surface area (Å²) in [6.45, 7) is 4.34. The second-order valence-electron chi connectivity index (χ2n) is 15.9. The molecule has 0 aliphatic rings. The zero-order valence-electron chi connectivity index (χ0n) is 36.4. The number of hydrogen-bond donors (Lipinski definition) is 1. The van der Waals surface area contributed by atoms with Gasteiger partial charge < -0.3 is 19.3 Å². The molecule has 0 heterocycles. The molecule has 0 aromatic rings. The summed E-state index contributed by atoms with van der Waals surface area (Å²) in [5.74, 6) is -0.796. The molecule has 0 rings (SSSR count). The Labute approximate surface area is 339 Å². The predicted molar refractivity (Wildman–Crippen MR) is 229 cm³/mol. The lowest BCUT2D eigenvalue weighted by molar-refractivity contribution is -0.161. The average Bonchev–Trinajstić information content (AvgIpc) is 3.15. The van der Waals surface area contributed by atoms with Gasteiger partial charge in [-0.1, -0.05) is 180 Å². The van der Waals surface area contributed by atoms with Crippen molar-refractivity contribution >= 4 is 19.8 Å². The van der Waals surface area contributed by atoms with Gasteiger partial charge in [-0.05, 0) is 52.6 Å². The first kappa shape index (κ1) is 53.8. The Bertz CT molecular complexity index is 931. The van der Waals surface area contributed by atoms with Crippen molar-refractivity contribution in [1.29, 1.82) is 0 Å². The van der Waals surface area contributed by atoms with Crippen molar-refractivity contribution in [3.05, 3.63) is 12.2 Å². The van der Waals surface area contributed by atoms with Crippen LogP contribution in [0.4, 0.5) is 0 Å². The van der Waals surface area contributed by atoms with Gasteiger partial charge in [0.1, 0.15) is 6.61 Å². The standard InChI is InChI=1S/C45H88NO8P/c1-5-7-9-11-13-15-17-19-21-22-24-26-28-30-32-34-36-38-45(48)54-43(42-53-55(49,50)52-40-39-46(3)4)41-51-44(47)37-35-33-31-29-27-25-23-20-18-16-14-12-10-8-6-2/h16,18,43H,5-15,17,19-42H2,1-4H3,(H,49,50)/b18-16-. The highest BCUT2D eigenvalue weighted by Gasteiger charge is 2.26. The van der Waals surface area contributed by atoms with Crippen LogP contribution < -0.4 is 0 Å². The second kappa shape index (κ2) is 40.9. The SMILES string of the molecule is CCCCCC/C=C\CCCCCCCCCC(=O)OCC(COP(=O)(O)OCCN(C)C)OC(=O)CCCCCCCCCCCCCCCCCCC. The molecule has 0 fully saturated rings. The van der Waals surface area contributed by atoms with Crippen LogP contribution in [-0.4, -0.2) is 68.3 Å². The van der Waals surface area contributed by atoms with Crippen molar-refractivity contribution in [2.24, 2.45) is 0 Å². The lowest BCUT2D eigenvalue weighted by Crippen LogP contribution is -2.29. The van der Waals surface area contributed by atoms with Gasteiger partial charge in [0.05, 0.1) is 13.2 Å². The number of esters is 2. The van der Waals surface area contributed by atoms with Gasteiger partial charge in [0.25, 0.3) is 0 Å². The first-order valence-electron chi connectivity index (χ1n) is 23.0. The van der Waals surface area contributed by atoms with Crippen LogP contribution in [0.3, 0.4) is 0 Å². The van der Waals surface area contributed by atoms with Crippen LogP contribution >= 0.6 is 7.82 Å². The summed E-state index contributed by atoms with van der Waals surface area (Å²) in [7, 11) is -0.703. The third-order valence-electron chi connectivity index (χ3n) is 10.1. The van der Waals surface area contributed by atoms with Crippen LogP contribution in [0.15, 0.2) is 12.2 Å². The van der Waals surface area contributed by atoms with E-state index in [0.29, 0.717) is 13.0 Å². The summed E-state index contributed by atoms with van der Waals surface area (Å²) >= 11 is 0. The van der Waals surface area contributed by atoms with Crippen LogP contribution in [0.2, 0.25) is 0 Å². The fourth-order valence-corrected chi connectivity index (χ4v) is 7.25. The number of nitrogens with zero attached hydrogens (tertiary/aromatic N) is 1. The topological polar surface area (TPSA) is 112 Å². The number of phosphoric ester groups is 1. The van der Waals surface area contributed by atoms with Gasteiger partial charge in [-0.15, -0.1) is 0 Å². The highest BCUT2D eigenvalue weighted by molar-refractivity contribution is 7.47. The zero-order chi connectivity index (χ0) is 40.5. The molecule has 0 aromatic carbocycles. The van der Waals surface area contributed by atoms with E-state index < -0.39 is 26.5 Å². The molecule has 2 atom stereocenters. The smallest absolute Gasteiger partial charge is 0.462 e. The van der Waals surface area contributed by atoms with E-state index in [2.05, 4.69) is 26.0 Å². The molecule has 0 saturated heterocycles. The van der Waals surface area contributed by atoms with E-state index in [9.17, 15) is 19.0 Å². The normalized spacial score (nSPS) is 13.4. The van der Waals surface area contributed by atoms with E-state index in [0.717, 1.165) is 32.1 Å². The van der Waals surface area contributed by atoms with E-state index >= 15 is 0 Å². The Morgan fingerprint density at radius 3 is 1.36 bits per heavy atom. The largest absolute Gasteiger partial charge is 0.472 e.